The van der Waals surface area contributed by atoms with Crippen molar-refractivity contribution in [3.8, 4) is 16.9 Å². The lowest BCUT2D eigenvalue weighted by atomic mass is 10.1. The number of primary amides is 1. The van der Waals surface area contributed by atoms with Crippen LogP contribution in [-0.4, -0.2) is 25.7 Å². The molecule has 0 fully saturated rings. The minimum atomic E-state index is -3.86. The van der Waals surface area contributed by atoms with Crippen molar-refractivity contribution in [1.82, 2.24) is 9.97 Å². The fraction of sp³-hybridized carbons (Fsp3) is 0.0952. The Bertz CT molecular complexity index is 1320. The zero-order valence-corrected chi connectivity index (χ0v) is 19.9. The molecule has 12 heteroatoms. The Morgan fingerprint density at radius 3 is 2.42 bits per heavy atom. The van der Waals surface area contributed by atoms with E-state index in [-0.39, 0.29) is 27.8 Å². The van der Waals surface area contributed by atoms with E-state index in [9.17, 15) is 23.4 Å². The number of ether oxygens (including phenoxy) is 1. The van der Waals surface area contributed by atoms with Crippen molar-refractivity contribution in [1.29, 1.82) is 0 Å². The average Bonchev–Trinajstić information content (AvgIpc) is 3.15. The van der Waals surface area contributed by atoms with Crippen molar-refractivity contribution >= 4 is 51.6 Å². The van der Waals surface area contributed by atoms with Gasteiger partial charge in [-0.15, -0.1) is 11.3 Å². The third-order valence-corrected chi connectivity index (χ3v) is 8.00. The largest absolute Gasteiger partial charge is 0.487 e. The van der Waals surface area contributed by atoms with Crippen molar-refractivity contribution in [2.45, 2.75) is 12.3 Å². The number of amides is 1. The summed E-state index contributed by atoms with van der Waals surface area (Å²) in [6.07, 6.45) is 4.83. The Kier molecular flexibility index (Phi) is 6.69. The molecule has 2 aromatic heterocycles. The van der Waals surface area contributed by atoms with E-state index in [0.29, 0.717) is 16.0 Å². The number of halogens is 3. The molecule has 4 rings (SSSR count). The highest BCUT2D eigenvalue weighted by Crippen LogP contribution is 2.58. The third kappa shape index (κ3) is 4.73. The first kappa shape index (κ1) is 23.6. The Morgan fingerprint density at radius 2 is 1.82 bits per heavy atom. The number of hydrogen-bond donors (Lipinski definition) is 3. The minimum Gasteiger partial charge on any atom is -0.487 e. The van der Waals surface area contributed by atoms with Crippen LogP contribution in [0, 0.1) is 0 Å². The molecule has 0 atom stereocenters. The molecule has 0 saturated carbocycles. The molecule has 0 spiro atoms. The molecule has 0 bridgehead atoms. The van der Waals surface area contributed by atoms with Gasteiger partial charge in [-0.25, -0.2) is 9.97 Å². The van der Waals surface area contributed by atoms with Crippen molar-refractivity contribution in [3.05, 3.63) is 75.6 Å². The van der Waals surface area contributed by atoms with E-state index >= 15 is 0 Å². The summed E-state index contributed by atoms with van der Waals surface area (Å²) in [6, 6.07) is 10.2. The van der Waals surface area contributed by atoms with E-state index in [1.807, 2.05) is 24.3 Å². The molecule has 0 unspecified atom stereocenters. The second kappa shape index (κ2) is 9.36. The van der Waals surface area contributed by atoms with Gasteiger partial charge in [-0.2, -0.15) is 8.78 Å². The quantitative estimate of drug-likeness (QED) is 0.272. The van der Waals surface area contributed by atoms with Gasteiger partial charge in [0.15, 0.2) is 0 Å². The van der Waals surface area contributed by atoms with Crippen molar-refractivity contribution < 1.29 is 28.1 Å². The van der Waals surface area contributed by atoms with E-state index in [1.165, 1.54) is 18.5 Å². The second-order valence-corrected chi connectivity index (χ2v) is 9.86. The van der Waals surface area contributed by atoms with Crippen molar-refractivity contribution in [3.63, 3.8) is 0 Å². The molecule has 0 aliphatic heterocycles. The summed E-state index contributed by atoms with van der Waals surface area (Å²) in [6.45, 7) is 0.0941. The monoisotopic (exact) mass is 553 g/mol. The topological polar surface area (TPSA) is 119 Å². The summed E-state index contributed by atoms with van der Waals surface area (Å²) in [5, 5.41) is 0.261. The molecular weight excluding hydrogens is 539 g/mol. The Hall–Kier alpha value is -2.56. The normalized spacial score (nSPS) is 11.8. The summed E-state index contributed by atoms with van der Waals surface area (Å²) in [4.78, 5) is 37.6. The molecule has 0 radical (unpaired) electrons. The summed E-state index contributed by atoms with van der Waals surface area (Å²) in [5.74, 6) is -0.580. The van der Waals surface area contributed by atoms with Crippen LogP contribution in [-0.2, 0) is 12.3 Å². The maximum absolute atomic E-state index is 14.4. The van der Waals surface area contributed by atoms with Crippen LogP contribution in [0.2, 0.25) is 0 Å². The molecule has 170 valence electrons. The standard InChI is InChI=1S/C21H15BrF2N3O4PS/c22-17-15-5-13(20(25)28)6-16(18(15)33-19(17)21(23,24)32(29)30)31-9-11-1-3-12(4-2-11)14-7-26-10-27-8-14/h1-8,10,29-30H,9H2,(H2,25,28). The molecule has 33 heavy (non-hydrogen) atoms. The Morgan fingerprint density at radius 1 is 1.15 bits per heavy atom. The maximum Gasteiger partial charge on any atom is 0.349 e. The minimum absolute atomic E-state index is 0.0505. The number of fused-ring (bicyclic) bond motifs is 1. The number of hydrogen-bond acceptors (Lipinski definition) is 7. The van der Waals surface area contributed by atoms with Gasteiger partial charge in [-0.05, 0) is 39.2 Å². The summed E-state index contributed by atoms with van der Waals surface area (Å²) >= 11 is 3.75. The molecular formula is C21H15BrF2N3O4PS. The first-order valence-corrected chi connectivity index (χ1v) is 12.1. The molecule has 0 saturated heterocycles. The fourth-order valence-corrected chi connectivity index (χ4v) is 5.86. The smallest absolute Gasteiger partial charge is 0.349 e. The molecule has 2 heterocycles. The number of aromatic nitrogens is 2. The summed E-state index contributed by atoms with van der Waals surface area (Å²) < 4.78 is 34.9. The summed E-state index contributed by atoms with van der Waals surface area (Å²) in [7, 11) is -3.56. The molecule has 0 aliphatic rings. The van der Waals surface area contributed by atoms with Crippen molar-refractivity contribution in [2.24, 2.45) is 5.73 Å². The van der Waals surface area contributed by atoms with Crippen LogP contribution in [0.1, 0.15) is 20.8 Å². The van der Waals surface area contributed by atoms with Crippen LogP contribution in [0.15, 0.2) is 59.6 Å². The van der Waals surface area contributed by atoms with Gasteiger partial charge in [-0.3, -0.25) is 4.79 Å². The van der Waals surface area contributed by atoms with E-state index < -0.39 is 24.8 Å². The fourth-order valence-electron chi connectivity index (χ4n) is 3.08. The molecule has 2 aromatic carbocycles. The van der Waals surface area contributed by atoms with Crippen LogP contribution in [0.4, 0.5) is 8.78 Å². The maximum atomic E-state index is 14.4. The number of benzene rings is 2. The molecule has 7 nitrogen and oxygen atoms in total. The van der Waals surface area contributed by atoms with E-state index in [2.05, 4.69) is 25.9 Å². The van der Waals surface area contributed by atoms with Gasteiger partial charge in [0.1, 0.15) is 18.7 Å². The highest BCUT2D eigenvalue weighted by molar-refractivity contribution is 9.10. The first-order chi connectivity index (χ1) is 15.7. The third-order valence-electron chi connectivity index (χ3n) is 4.75. The highest BCUT2D eigenvalue weighted by Gasteiger charge is 2.45. The molecule has 4 N–H and O–H groups in total. The van der Waals surface area contributed by atoms with Gasteiger partial charge >= 0.3 is 5.66 Å². The van der Waals surface area contributed by atoms with Gasteiger partial charge in [0.05, 0.1) is 9.58 Å². The number of nitrogens with zero attached hydrogens (tertiary/aromatic N) is 2. The first-order valence-electron chi connectivity index (χ1n) is 9.27. The Labute approximate surface area is 199 Å². The number of carbonyl (C=O) groups excluding carboxylic acids is 1. The number of carbonyl (C=O) groups is 1. The lowest BCUT2D eigenvalue weighted by Crippen LogP contribution is -2.11. The SMILES string of the molecule is NC(=O)c1cc(OCc2ccc(-c3cncnc3)cc2)c2sc(C(F)(F)P(O)O)c(Br)c2c1. The van der Waals surface area contributed by atoms with Gasteiger partial charge in [0, 0.05) is 33.4 Å². The molecule has 1 amide bonds. The van der Waals surface area contributed by atoms with Gasteiger partial charge < -0.3 is 20.3 Å². The van der Waals surface area contributed by atoms with Crippen LogP contribution in [0.3, 0.4) is 0 Å². The van der Waals surface area contributed by atoms with Crippen LogP contribution >= 0.6 is 35.6 Å². The highest BCUT2D eigenvalue weighted by atomic mass is 79.9. The van der Waals surface area contributed by atoms with Crippen LogP contribution in [0.5, 0.6) is 5.75 Å². The predicted octanol–water partition coefficient (Wildman–Crippen LogP) is 5.14. The van der Waals surface area contributed by atoms with Crippen LogP contribution in [0.25, 0.3) is 21.2 Å². The zero-order chi connectivity index (χ0) is 23.8. The lowest BCUT2D eigenvalue weighted by Gasteiger charge is -2.15. The van der Waals surface area contributed by atoms with E-state index in [4.69, 9.17) is 10.5 Å². The average molecular weight is 554 g/mol. The van der Waals surface area contributed by atoms with Crippen LogP contribution < -0.4 is 10.5 Å². The number of nitrogens with two attached hydrogens (primary N) is 1. The van der Waals surface area contributed by atoms with Gasteiger partial charge in [0.2, 0.25) is 14.3 Å². The van der Waals surface area contributed by atoms with Gasteiger partial charge in [-0.1, -0.05) is 24.3 Å². The molecule has 0 aliphatic carbocycles. The summed E-state index contributed by atoms with van der Waals surface area (Å²) in [5.41, 5.74) is 4.17. The van der Waals surface area contributed by atoms with Crippen molar-refractivity contribution in [2.75, 3.05) is 0 Å². The van der Waals surface area contributed by atoms with Gasteiger partial charge in [0.25, 0.3) is 0 Å². The Balaban J connectivity index is 1.67. The number of rotatable bonds is 7. The van der Waals surface area contributed by atoms with E-state index in [0.717, 1.165) is 16.7 Å². The second-order valence-electron chi connectivity index (χ2n) is 6.90. The predicted molar refractivity (Wildman–Crippen MR) is 125 cm³/mol. The number of thiophene rings is 1. The zero-order valence-electron chi connectivity index (χ0n) is 16.6. The molecule has 4 aromatic rings. The lowest BCUT2D eigenvalue weighted by molar-refractivity contribution is 0.0766. The number of alkyl halides is 2. The van der Waals surface area contributed by atoms with E-state index in [1.54, 1.807) is 12.4 Å².